The molecule has 0 unspecified atom stereocenters. The Hall–Kier alpha value is -0.880. The van der Waals surface area contributed by atoms with Gasteiger partial charge in [0.25, 0.3) is 5.91 Å². The normalized spacial score (nSPS) is 22.1. The van der Waals surface area contributed by atoms with Gasteiger partial charge in [-0.2, -0.15) is 0 Å². The molecule has 0 bridgehead atoms. The summed E-state index contributed by atoms with van der Waals surface area (Å²) in [4.78, 5) is 27.0. The Bertz CT molecular complexity index is 522. The number of imide groups is 1. The summed E-state index contributed by atoms with van der Waals surface area (Å²) in [5.74, 6) is -0.0440. The van der Waals surface area contributed by atoms with Gasteiger partial charge in [-0.3, -0.25) is 9.69 Å². The maximum absolute atomic E-state index is 12.6. The van der Waals surface area contributed by atoms with E-state index >= 15 is 0 Å². The fourth-order valence-electron chi connectivity index (χ4n) is 2.90. The van der Waals surface area contributed by atoms with E-state index in [0.717, 1.165) is 41.5 Å². The highest BCUT2D eigenvalue weighted by Crippen LogP contribution is 2.35. The number of nitrogens with one attached hydrogen (secondary N) is 1. The van der Waals surface area contributed by atoms with Gasteiger partial charge in [0, 0.05) is 9.35 Å². The van der Waals surface area contributed by atoms with Gasteiger partial charge in [0.1, 0.15) is 5.54 Å². The van der Waals surface area contributed by atoms with Crippen molar-refractivity contribution in [2.24, 2.45) is 0 Å². The molecule has 102 valence electrons. The van der Waals surface area contributed by atoms with E-state index in [1.165, 1.54) is 4.90 Å². The first kappa shape index (κ1) is 13.1. The van der Waals surface area contributed by atoms with Gasteiger partial charge >= 0.3 is 6.03 Å². The third-order valence-electron chi connectivity index (χ3n) is 3.95. The van der Waals surface area contributed by atoms with E-state index in [0.29, 0.717) is 6.54 Å². The van der Waals surface area contributed by atoms with Gasteiger partial charge in [-0.05, 0) is 40.2 Å². The first-order valence-corrected chi connectivity index (χ1v) is 8.16. The molecule has 2 fully saturated rings. The van der Waals surface area contributed by atoms with E-state index < -0.39 is 5.54 Å². The van der Waals surface area contributed by atoms with Gasteiger partial charge in [-0.1, -0.05) is 19.3 Å². The third kappa shape index (κ3) is 2.21. The average Bonchev–Trinajstić information content (AvgIpc) is 2.89. The second kappa shape index (κ2) is 4.90. The maximum atomic E-state index is 12.6. The molecular weight excluding hydrogens is 328 g/mol. The minimum atomic E-state index is -0.612. The summed E-state index contributed by atoms with van der Waals surface area (Å²) < 4.78 is 0.961. The number of carbonyl (C=O) groups excluding carboxylic acids is 2. The molecule has 1 spiro atoms. The molecule has 1 saturated heterocycles. The Morgan fingerprint density at radius 1 is 1.32 bits per heavy atom. The number of carbonyl (C=O) groups is 2. The van der Waals surface area contributed by atoms with Crippen LogP contribution in [-0.2, 0) is 11.3 Å². The smallest absolute Gasteiger partial charge is 0.323 e. The van der Waals surface area contributed by atoms with Gasteiger partial charge in [-0.15, -0.1) is 11.3 Å². The number of urea groups is 1. The molecule has 1 saturated carbocycles. The molecule has 3 rings (SSSR count). The Kier molecular flexibility index (Phi) is 3.39. The molecule has 0 atom stereocenters. The number of halogens is 1. The number of nitrogens with zero attached hydrogens (tertiary/aromatic N) is 1. The molecule has 3 amide bonds. The van der Waals surface area contributed by atoms with Gasteiger partial charge in [0.2, 0.25) is 0 Å². The van der Waals surface area contributed by atoms with Crippen LogP contribution in [0.5, 0.6) is 0 Å². The summed E-state index contributed by atoms with van der Waals surface area (Å²) in [6.45, 7) is 0.366. The lowest BCUT2D eigenvalue weighted by Gasteiger charge is -2.30. The highest BCUT2D eigenvalue weighted by atomic mass is 79.9. The molecule has 1 aromatic rings. The zero-order valence-corrected chi connectivity index (χ0v) is 12.8. The molecule has 2 aliphatic rings. The highest BCUT2D eigenvalue weighted by Gasteiger charge is 2.51. The quantitative estimate of drug-likeness (QED) is 0.838. The van der Waals surface area contributed by atoms with Gasteiger partial charge in [0.05, 0.1) is 6.54 Å². The molecule has 1 N–H and O–H groups in total. The number of amides is 3. The Morgan fingerprint density at radius 3 is 2.68 bits per heavy atom. The first-order chi connectivity index (χ1) is 9.12. The summed E-state index contributed by atoms with van der Waals surface area (Å²) in [6, 6.07) is 1.70. The minimum absolute atomic E-state index is 0.0440. The zero-order chi connectivity index (χ0) is 13.5. The van der Waals surface area contributed by atoms with Crippen molar-refractivity contribution in [3.8, 4) is 0 Å². The number of rotatable bonds is 2. The van der Waals surface area contributed by atoms with Crippen molar-refractivity contribution in [3.63, 3.8) is 0 Å². The van der Waals surface area contributed by atoms with E-state index in [2.05, 4.69) is 21.2 Å². The molecule has 2 heterocycles. The summed E-state index contributed by atoms with van der Waals surface area (Å²) >= 11 is 5.00. The highest BCUT2D eigenvalue weighted by molar-refractivity contribution is 9.10. The van der Waals surface area contributed by atoms with Crippen LogP contribution in [-0.4, -0.2) is 22.4 Å². The van der Waals surface area contributed by atoms with Crippen LogP contribution in [0.4, 0.5) is 4.79 Å². The Morgan fingerprint density at radius 2 is 2.05 bits per heavy atom. The van der Waals surface area contributed by atoms with Crippen molar-refractivity contribution in [1.82, 2.24) is 10.2 Å². The lowest BCUT2D eigenvalue weighted by molar-refractivity contribution is -0.132. The Labute approximate surface area is 124 Å². The zero-order valence-electron chi connectivity index (χ0n) is 10.4. The molecule has 19 heavy (non-hydrogen) atoms. The van der Waals surface area contributed by atoms with Gasteiger partial charge in [-0.25, -0.2) is 4.79 Å². The first-order valence-electron chi connectivity index (χ1n) is 6.48. The van der Waals surface area contributed by atoms with Crippen LogP contribution in [0.3, 0.4) is 0 Å². The van der Waals surface area contributed by atoms with Crippen LogP contribution in [0.2, 0.25) is 0 Å². The molecule has 0 aromatic carbocycles. The van der Waals surface area contributed by atoms with Crippen molar-refractivity contribution >= 4 is 39.2 Å². The van der Waals surface area contributed by atoms with E-state index in [1.54, 1.807) is 11.3 Å². The minimum Gasteiger partial charge on any atom is -0.323 e. The predicted octanol–water partition coefficient (Wildman–Crippen LogP) is 3.27. The van der Waals surface area contributed by atoms with E-state index in [-0.39, 0.29) is 11.9 Å². The number of hydrogen-bond donors (Lipinski definition) is 1. The molecule has 1 aliphatic carbocycles. The van der Waals surface area contributed by atoms with E-state index in [9.17, 15) is 9.59 Å². The lowest BCUT2D eigenvalue weighted by Crippen LogP contribution is -2.48. The van der Waals surface area contributed by atoms with Crippen molar-refractivity contribution in [1.29, 1.82) is 0 Å². The van der Waals surface area contributed by atoms with Crippen molar-refractivity contribution < 1.29 is 9.59 Å². The van der Waals surface area contributed by atoms with Gasteiger partial charge < -0.3 is 5.32 Å². The topological polar surface area (TPSA) is 49.4 Å². The SMILES string of the molecule is O=C1NC2(CCCCC2)C(=O)N1Cc1sccc1Br. The number of hydrogen-bond acceptors (Lipinski definition) is 3. The molecular formula is C13H15BrN2O2S. The molecule has 6 heteroatoms. The predicted molar refractivity (Wildman–Crippen MR) is 76.9 cm³/mol. The van der Waals surface area contributed by atoms with Crippen molar-refractivity contribution in [2.45, 2.75) is 44.2 Å². The third-order valence-corrected chi connectivity index (χ3v) is 5.86. The fourth-order valence-corrected chi connectivity index (χ4v) is 4.36. The second-order valence-electron chi connectivity index (χ2n) is 5.16. The molecule has 1 aliphatic heterocycles. The van der Waals surface area contributed by atoms with Crippen molar-refractivity contribution in [2.75, 3.05) is 0 Å². The standard InChI is InChI=1S/C13H15BrN2O2S/c14-9-4-7-19-10(9)8-16-11(17)13(15-12(16)18)5-2-1-3-6-13/h4,7H,1-3,5-6,8H2,(H,15,18). The van der Waals surface area contributed by atoms with Crippen LogP contribution in [0.15, 0.2) is 15.9 Å². The van der Waals surface area contributed by atoms with Crippen LogP contribution in [0.1, 0.15) is 37.0 Å². The van der Waals surface area contributed by atoms with E-state index in [4.69, 9.17) is 0 Å². The maximum Gasteiger partial charge on any atom is 0.325 e. The largest absolute Gasteiger partial charge is 0.325 e. The summed E-state index contributed by atoms with van der Waals surface area (Å²) in [5.41, 5.74) is -0.612. The van der Waals surface area contributed by atoms with Crippen LogP contribution in [0, 0.1) is 0 Å². The summed E-state index contributed by atoms with van der Waals surface area (Å²) in [6.07, 6.45) is 4.74. The van der Waals surface area contributed by atoms with Crippen LogP contribution in [0.25, 0.3) is 0 Å². The lowest BCUT2D eigenvalue weighted by atomic mass is 9.82. The summed E-state index contributed by atoms with van der Waals surface area (Å²) in [5, 5.41) is 4.88. The monoisotopic (exact) mass is 342 g/mol. The van der Waals surface area contributed by atoms with Crippen molar-refractivity contribution in [3.05, 3.63) is 20.8 Å². The molecule has 1 aromatic heterocycles. The van der Waals surface area contributed by atoms with Crippen LogP contribution >= 0.6 is 27.3 Å². The Balaban J connectivity index is 1.81. The van der Waals surface area contributed by atoms with E-state index in [1.807, 2.05) is 11.4 Å². The fraction of sp³-hybridized carbons (Fsp3) is 0.538. The number of thiophene rings is 1. The molecule has 0 radical (unpaired) electrons. The average molecular weight is 343 g/mol. The van der Waals surface area contributed by atoms with Crippen LogP contribution < -0.4 is 5.32 Å². The second-order valence-corrected chi connectivity index (χ2v) is 7.01. The molecule has 4 nitrogen and oxygen atoms in total. The summed E-state index contributed by atoms with van der Waals surface area (Å²) in [7, 11) is 0. The van der Waals surface area contributed by atoms with Gasteiger partial charge in [0.15, 0.2) is 0 Å².